The summed E-state index contributed by atoms with van der Waals surface area (Å²) < 4.78 is 0. The van der Waals surface area contributed by atoms with E-state index in [0.717, 1.165) is 6.92 Å². The number of nitrogens with one attached hydrogen (secondary N) is 3. The van der Waals surface area contributed by atoms with Gasteiger partial charge in [-0.3, -0.25) is 24.0 Å². The molecular weight excluding hydrogens is 456 g/mol. The SMILES string of the molecule is CC(C)CC(N)C(=O)NC(CCC(=O)O)C(=O)NC(C(=O)NC(CCC(=O)O)C(=O)O)C(C)O. The standard InChI is InChI=1S/C20H34N4O10/c1-9(2)8-11(21)17(30)22-12(4-6-14(26)27)18(31)24-16(10(3)25)19(32)23-13(20(33)34)5-7-15(28)29/h9-13,16,25H,4-8,21H2,1-3H3,(H,22,30)(H,23,32)(H,24,31)(H,26,27)(H,28,29)(H,33,34). The van der Waals surface area contributed by atoms with Crippen molar-refractivity contribution >= 4 is 35.6 Å². The van der Waals surface area contributed by atoms with Crippen molar-refractivity contribution in [3.63, 3.8) is 0 Å². The highest BCUT2D eigenvalue weighted by atomic mass is 16.4. The fraction of sp³-hybridized carbons (Fsp3) is 0.700. The lowest BCUT2D eigenvalue weighted by Gasteiger charge is -2.26. The Hall–Kier alpha value is -3.26. The number of rotatable bonds is 16. The maximum absolute atomic E-state index is 12.7. The minimum atomic E-state index is -1.67. The molecule has 0 aliphatic rings. The summed E-state index contributed by atoms with van der Waals surface area (Å²) in [6.45, 7) is 4.80. The van der Waals surface area contributed by atoms with E-state index >= 15 is 0 Å². The zero-order valence-electron chi connectivity index (χ0n) is 19.3. The third-order valence-electron chi connectivity index (χ3n) is 4.67. The van der Waals surface area contributed by atoms with Crippen molar-refractivity contribution in [2.45, 2.75) is 83.1 Å². The summed E-state index contributed by atoms with van der Waals surface area (Å²) in [5.41, 5.74) is 5.79. The van der Waals surface area contributed by atoms with E-state index in [1.165, 1.54) is 0 Å². The van der Waals surface area contributed by atoms with Gasteiger partial charge in [0.25, 0.3) is 0 Å². The zero-order chi connectivity index (χ0) is 26.6. The number of nitrogens with two attached hydrogens (primary N) is 1. The van der Waals surface area contributed by atoms with E-state index in [0.29, 0.717) is 6.42 Å². The fourth-order valence-electron chi connectivity index (χ4n) is 2.88. The van der Waals surface area contributed by atoms with E-state index in [9.17, 15) is 39.0 Å². The molecule has 3 amide bonds. The normalized spacial score (nSPS) is 15.4. The van der Waals surface area contributed by atoms with Gasteiger partial charge in [0.15, 0.2) is 0 Å². The van der Waals surface area contributed by atoms with Crippen LogP contribution in [0.4, 0.5) is 0 Å². The van der Waals surface area contributed by atoms with Gasteiger partial charge < -0.3 is 42.1 Å². The molecule has 14 nitrogen and oxygen atoms in total. The number of aliphatic hydroxyl groups excluding tert-OH is 1. The molecule has 194 valence electrons. The Balaban J connectivity index is 5.48. The molecule has 0 aliphatic heterocycles. The zero-order valence-corrected chi connectivity index (χ0v) is 19.3. The number of carboxylic acids is 3. The van der Waals surface area contributed by atoms with Gasteiger partial charge in [-0.1, -0.05) is 13.8 Å². The number of hydrogen-bond acceptors (Lipinski definition) is 8. The van der Waals surface area contributed by atoms with Gasteiger partial charge in [0.1, 0.15) is 18.1 Å². The predicted octanol–water partition coefficient (Wildman–Crippen LogP) is -1.99. The second-order valence-corrected chi connectivity index (χ2v) is 8.29. The quantitative estimate of drug-likeness (QED) is 0.118. The molecule has 14 heteroatoms. The Kier molecular flexibility index (Phi) is 13.4. The van der Waals surface area contributed by atoms with Crippen molar-refractivity contribution < 1.29 is 49.2 Å². The van der Waals surface area contributed by atoms with Crippen molar-refractivity contribution in [2.24, 2.45) is 11.7 Å². The summed E-state index contributed by atoms with van der Waals surface area (Å²) in [5.74, 6) is -6.79. The topological polar surface area (TPSA) is 245 Å². The van der Waals surface area contributed by atoms with Gasteiger partial charge >= 0.3 is 17.9 Å². The molecule has 0 aromatic carbocycles. The lowest BCUT2D eigenvalue weighted by atomic mass is 10.0. The summed E-state index contributed by atoms with van der Waals surface area (Å²) in [5, 5.41) is 43.4. The van der Waals surface area contributed by atoms with Gasteiger partial charge in [0, 0.05) is 12.8 Å². The maximum Gasteiger partial charge on any atom is 0.326 e. The Bertz CT molecular complexity index is 756. The molecule has 0 rings (SSSR count). The third-order valence-corrected chi connectivity index (χ3v) is 4.67. The van der Waals surface area contributed by atoms with E-state index < -0.39 is 85.2 Å². The Morgan fingerprint density at radius 2 is 1.21 bits per heavy atom. The van der Waals surface area contributed by atoms with Crippen molar-refractivity contribution in [1.29, 1.82) is 0 Å². The Morgan fingerprint density at radius 3 is 1.62 bits per heavy atom. The van der Waals surface area contributed by atoms with Crippen LogP contribution in [0.1, 0.15) is 52.9 Å². The number of hydrogen-bond donors (Lipinski definition) is 8. The molecule has 0 fully saturated rings. The number of carbonyl (C=O) groups is 6. The minimum absolute atomic E-state index is 0.0682. The first-order chi connectivity index (χ1) is 15.6. The molecule has 0 heterocycles. The van der Waals surface area contributed by atoms with Crippen molar-refractivity contribution in [1.82, 2.24) is 16.0 Å². The van der Waals surface area contributed by atoms with E-state index in [2.05, 4.69) is 16.0 Å². The summed E-state index contributed by atoms with van der Waals surface area (Å²) in [7, 11) is 0. The number of amides is 3. The van der Waals surface area contributed by atoms with Crippen LogP contribution in [0.25, 0.3) is 0 Å². The number of aliphatic hydroxyl groups is 1. The van der Waals surface area contributed by atoms with Crippen LogP contribution in [0.2, 0.25) is 0 Å². The summed E-state index contributed by atoms with van der Waals surface area (Å²) >= 11 is 0. The molecule has 5 atom stereocenters. The van der Waals surface area contributed by atoms with E-state index in [1.807, 2.05) is 13.8 Å². The Labute approximate surface area is 196 Å². The molecule has 34 heavy (non-hydrogen) atoms. The molecule has 5 unspecified atom stereocenters. The second-order valence-electron chi connectivity index (χ2n) is 8.29. The third kappa shape index (κ3) is 12.1. The van der Waals surface area contributed by atoms with E-state index in [-0.39, 0.29) is 12.3 Å². The minimum Gasteiger partial charge on any atom is -0.481 e. The number of aliphatic carboxylic acids is 3. The first-order valence-electron chi connectivity index (χ1n) is 10.7. The largest absolute Gasteiger partial charge is 0.481 e. The highest BCUT2D eigenvalue weighted by Crippen LogP contribution is 2.06. The van der Waals surface area contributed by atoms with Gasteiger partial charge in [-0.15, -0.1) is 0 Å². The van der Waals surface area contributed by atoms with Gasteiger partial charge in [-0.25, -0.2) is 4.79 Å². The molecule has 0 radical (unpaired) electrons. The van der Waals surface area contributed by atoms with Crippen LogP contribution in [0.3, 0.4) is 0 Å². The first-order valence-corrected chi connectivity index (χ1v) is 10.7. The fourth-order valence-corrected chi connectivity index (χ4v) is 2.88. The molecule has 0 spiro atoms. The molecule has 0 saturated heterocycles. The van der Waals surface area contributed by atoms with E-state index in [1.54, 1.807) is 0 Å². The summed E-state index contributed by atoms with van der Waals surface area (Å²) in [4.78, 5) is 70.6. The molecule has 0 aromatic rings. The molecule has 0 bridgehead atoms. The molecule has 0 aliphatic carbocycles. The van der Waals surface area contributed by atoms with Crippen molar-refractivity contribution in [2.75, 3.05) is 0 Å². The summed E-state index contributed by atoms with van der Waals surface area (Å²) in [6, 6.07) is -5.65. The molecular formula is C20H34N4O10. The first kappa shape index (κ1) is 30.7. The van der Waals surface area contributed by atoms with Gasteiger partial charge in [0.05, 0.1) is 12.1 Å². The Morgan fingerprint density at radius 1 is 0.735 bits per heavy atom. The molecule has 0 saturated carbocycles. The van der Waals surface area contributed by atoms with Crippen LogP contribution >= 0.6 is 0 Å². The van der Waals surface area contributed by atoms with Gasteiger partial charge in [0.2, 0.25) is 17.7 Å². The lowest BCUT2D eigenvalue weighted by Crippen LogP contribution is -2.59. The van der Waals surface area contributed by atoms with Crippen LogP contribution in [-0.4, -0.2) is 86.3 Å². The van der Waals surface area contributed by atoms with Gasteiger partial charge in [-0.2, -0.15) is 0 Å². The van der Waals surface area contributed by atoms with E-state index in [4.69, 9.17) is 15.9 Å². The number of carboxylic acid groups (broad SMARTS) is 3. The second kappa shape index (κ2) is 14.8. The highest BCUT2D eigenvalue weighted by Gasteiger charge is 2.33. The smallest absolute Gasteiger partial charge is 0.326 e. The van der Waals surface area contributed by atoms with Crippen LogP contribution < -0.4 is 21.7 Å². The van der Waals surface area contributed by atoms with Crippen molar-refractivity contribution in [3.8, 4) is 0 Å². The maximum atomic E-state index is 12.7. The van der Waals surface area contributed by atoms with Crippen LogP contribution in [0.5, 0.6) is 0 Å². The molecule has 9 N–H and O–H groups in total. The summed E-state index contributed by atoms with van der Waals surface area (Å²) in [6.07, 6.45) is -3.06. The van der Waals surface area contributed by atoms with Crippen molar-refractivity contribution in [3.05, 3.63) is 0 Å². The monoisotopic (exact) mass is 490 g/mol. The van der Waals surface area contributed by atoms with Crippen LogP contribution in [-0.2, 0) is 28.8 Å². The van der Waals surface area contributed by atoms with Gasteiger partial charge in [-0.05, 0) is 32.1 Å². The predicted molar refractivity (Wildman–Crippen MR) is 116 cm³/mol. The average molecular weight is 491 g/mol. The van der Waals surface area contributed by atoms with Crippen LogP contribution in [0, 0.1) is 5.92 Å². The average Bonchev–Trinajstić information content (AvgIpc) is 2.70. The number of carbonyl (C=O) groups excluding carboxylic acids is 3. The molecule has 0 aromatic heterocycles. The van der Waals surface area contributed by atoms with Crippen LogP contribution in [0.15, 0.2) is 0 Å². The lowest BCUT2D eigenvalue weighted by molar-refractivity contribution is -0.144. The highest BCUT2D eigenvalue weighted by molar-refractivity contribution is 5.94.